The van der Waals surface area contributed by atoms with Crippen LogP contribution in [-0.2, 0) is 19.1 Å². The third-order valence-corrected chi connectivity index (χ3v) is 4.88. The van der Waals surface area contributed by atoms with Gasteiger partial charge in [0, 0.05) is 18.9 Å². The normalized spacial score (nSPS) is 13.3. The summed E-state index contributed by atoms with van der Waals surface area (Å²) in [5, 5.41) is 14.5. The standard InChI is InChI=1S/C25H36N2O5/c1-4-6-7-11-15-24(30)32-22(20-13-9-8-10-14-20)17-26-25(31)21(12-5-2)16-23(29)27-19(3)18-28/h4-5,8-10,13-14,19,21-22,28H,1-2,6-7,11-12,15-18H2,3H3,(H,26,31)(H,27,29)/t19-,21+,22+/m1/s1. The first-order valence-corrected chi connectivity index (χ1v) is 11.0. The molecule has 7 heteroatoms. The number of esters is 1. The maximum absolute atomic E-state index is 12.8. The summed E-state index contributed by atoms with van der Waals surface area (Å²) in [6.07, 6.45) is 5.80. The van der Waals surface area contributed by atoms with Crippen molar-refractivity contribution in [2.75, 3.05) is 13.2 Å². The number of aliphatic hydroxyl groups is 1. The molecule has 0 spiro atoms. The number of aliphatic hydroxyl groups excluding tert-OH is 1. The van der Waals surface area contributed by atoms with Crippen LogP contribution >= 0.6 is 0 Å². The Balaban J connectivity index is 2.73. The lowest BCUT2D eigenvalue weighted by atomic mass is 9.99. The minimum absolute atomic E-state index is 0.0265. The fraction of sp³-hybridized carbons (Fsp3) is 0.480. The Kier molecular flexibility index (Phi) is 13.4. The number of allylic oxidation sites excluding steroid dienone is 2. The van der Waals surface area contributed by atoms with E-state index in [1.54, 1.807) is 13.0 Å². The van der Waals surface area contributed by atoms with Crippen LogP contribution in [0.3, 0.4) is 0 Å². The molecule has 0 saturated heterocycles. The van der Waals surface area contributed by atoms with Gasteiger partial charge in [-0.1, -0.05) is 42.5 Å². The summed E-state index contributed by atoms with van der Waals surface area (Å²) >= 11 is 0. The number of carbonyl (C=O) groups excluding carboxylic acids is 3. The number of rotatable bonds is 16. The Hall–Kier alpha value is -2.93. The number of nitrogens with one attached hydrogen (secondary N) is 2. The number of hydrogen-bond acceptors (Lipinski definition) is 5. The molecule has 176 valence electrons. The lowest BCUT2D eigenvalue weighted by Gasteiger charge is -2.21. The molecule has 7 nitrogen and oxygen atoms in total. The van der Waals surface area contributed by atoms with Crippen molar-refractivity contribution in [1.29, 1.82) is 0 Å². The summed E-state index contributed by atoms with van der Waals surface area (Å²) in [4.78, 5) is 37.2. The zero-order valence-corrected chi connectivity index (χ0v) is 18.9. The van der Waals surface area contributed by atoms with Gasteiger partial charge in [0.2, 0.25) is 11.8 Å². The number of carbonyl (C=O) groups is 3. The largest absolute Gasteiger partial charge is 0.456 e. The van der Waals surface area contributed by atoms with Gasteiger partial charge in [0.25, 0.3) is 0 Å². The Morgan fingerprint density at radius 2 is 1.84 bits per heavy atom. The summed E-state index contributed by atoms with van der Waals surface area (Å²) in [6.45, 7) is 8.93. The second-order valence-corrected chi connectivity index (χ2v) is 7.75. The molecule has 0 aliphatic carbocycles. The first-order valence-electron chi connectivity index (χ1n) is 11.0. The van der Waals surface area contributed by atoms with Gasteiger partial charge in [-0.2, -0.15) is 0 Å². The first kappa shape index (κ1) is 27.1. The number of hydrogen-bond donors (Lipinski definition) is 3. The monoisotopic (exact) mass is 444 g/mol. The second kappa shape index (κ2) is 15.8. The molecule has 1 aromatic carbocycles. The van der Waals surface area contributed by atoms with Gasteiger partial charge in [-0.15, -0.1) is 13.2 Å². The van der Waals surface area contributed by atoms with Gasteiger partial charge in [-0.3, -0.25) is 14.4 Å². The van der Waals surface area contributed by atoms with Gasteiger partial charge < -0.3 is 20.5 Å². The number of amides is 2. The van der Waals surface area contributed by atoms with E-state index >= 15 is 0 Å². The summed E-state index contributed by atoms with van der Waals surface area (Å²) < 4.78 is 5.65. The first-order chi connectivity index (χ1) is 15.4. The molecule has 0 radical (unpaired) electrons. The minimum Gasteiger partial charge on any atom is -0.456 e. The van der Waals surface area contributed by atoms with Gasteiger partial charge in [-0.05, 0) is 38.2 Å². The van der Waals surface area contributed by atoms with Gasteiger partial charge in [0.1, 0.15) is 6.10 Å². The zero-order chi connectivity index (χ0) is 23.8. The molecule has 0 heterocycles. The van der Waals surface area contributed by atoms with Crippen molar-refractivity contribution < 1.29 is 24.2 Å². The number of unbranched alkanes of at least 4 members (excludes halogenated alkanes) is 2. The van der Waals surface area contributed by atoms with Crippen LogP contribution in [0.1, 0.15) is 57.1 Å². The van der Waals surface area contributed by atoms with E-state index < -0.39 is 12.0 Å². The van der Waals surface area contributed by atoms with Crippen molar-refractivity contribution in [1.82, 2.24) is 10.6 Å². The molecule has 1 aromatic rings. The van der Waals surface area contributed by atoms with E-state index in [1.165, 1.54) is 0 Å². The molecular weight excluding hydrogens is 408 g/mol. The Morgan fingerprint density at radius 1 is 1.12 bits per heavy atom. The molecule has 3 N–H and O–H groups in total. The van der Waals surface area contributed by atoms with E-state index in [1.807, 2.05) is 36.4 Å². The summed E-state index contributed by atoms with van der Waals surface area (Å²) in [7, 11) is 0. The Morgan fingerprint density at radius 3 is 2.47 bits per heavy atom. The molecular formula is C25H36N2O5. The van der Waals surface area contributed by atoms with Gasteiger partial charge >= 0.3 is 5.97 Å². The van der Waals surface area contributed by atoms with Crippen molar-refractivity contribution in [3.05, 3.63) is 61.2 Å². The number of ether oxygens (including phenoxy) is 1. The minimum atomic E-state index is -0.625. The van der Waals surface area contributed by atoms with Crippen LogP contribution < -0.4 is 10.6 Å². The molecule has 2 amide bonds. The molecule has 0 saturated carbocycles. The quantitative estimate of drug-likeness (QED) is 0.206. The van der Waals surface area contributed by atoms with E-state index in [2.05, 4.69) is 23.8 Å². The zero-order valence-electron chi connectivity index (χ0n) is 18.9. The van der Waals surface area contributed by atoms with Crippen molar-refractivity contribution in [3.63, 3.8) is 0 Å². The molecule has 32 heavy (non-hydrogen) atoms. The molecule has 0 aromatic heterocycles. The molecule has 3 atom stereocenters. The van der Waals surface area contributed by atoms with Crippen molar-refractivity contribution >= 4 is 17.8 Å². The van der Waals surface area contributed by atoms with Crippen LogP contribution in [0, 0.1) is 5.92 Å². The van der Waals surface area contributed by atoms with E-state index in [0.717, 1.165) is 18.4 Å². The van der Waals surface area contributed by atoms with Gasteiger partial charge in [0.15, 0.2) is 0 Å². The average Bonchev–Trinajstić information content (AvgIpc) is 2.79. The average molecular weight is 445 g/mol. The SMILES string of the molecule is C=CCCCCC(=O)O[C@@H](CNC(=O)[C@@H](CC=C)CC(=O)N[C@H](C)CO)c1ccccc1. The van der Waals surface area contributed by atoms with E-state index in [0.29, 0.717) is 19.3 Å². The predicted molar refractivity (Wildman–Crippen MR) is 125 cm³/mol. The predicted octanol–water partition coefficient (Wildman–Crippen LogP) is 3.21. The van der Waals surface area contributed by atoms with Crippen LogP contribution in [0.2, 0.25) is 0 Å². The van der Waals surface area contributed by atoms with Crippen molar-refractivity contribution in [2.24, 2.45) is 5.92 Å². The highest BCUT2D eigenvalue weighted by atomic mass is 16.5. The summed E-state index contributed by atoms with van der Waals surface area (Å²) in [6, 6.07) is 8.84. The third-order valence-electron chi connectivity index (χ3n) is 4.88. The van der Waals surface area contributed by atoms with Crippen LogP contribution in [0.25, 0.3) is 0 Å². The van der Waals surface area contributed by atoms with Gasteiger partial charge in [0.05, 0.1) is 19.1 Å². The van der Waals surface area contributed by atoms with Crippen LogP contribution in [0.4, 0.5) is 0 Å². The third kappa shape index (κ3) is 10.9. The summed E-state index contributed by atoms with van der Waals surface area (Å²) in [5.41, 5.74) is 0.780. The van der Waals surface area contributed by atoms with Crippen molar-refractivity contribution in [2.45, 2.75) is 57.6 Å². The number of benzene rings is 1. The lowest BCUT2D eigenvalue weighted by Crippen LogP contribution is -2.40. The molecule has 0 bridgehead atoms. The highest BCUT2D eigenvalue weighted by molar-refractivity contribution is 5.86. The van der Waals surface area contributed by atoms with Crippen LogP contribution in [0.5, 0.6) is 0 Å². The highest BCUT2D eigenvalue weighted by Gasteiger charge is 2.24. The fourth-order valence-electron chi connectivity index (χ4n) is 3.10. The molecule has 1 rings (SSSR count). The summed E-state index contributed by atoms with van der Waals surface area (Å²) in [5.74, 6) is -1.57. The molecule has 0 unspecified atom stereocenters. The van der Waals surface area contributed by atoms with E-state index in [4.69, 9.17) is 9.84 Å². The smallest absolute Gasteiger partial charge is 0.306 e. The maximum atomic E-state index is 12.8. The van der Waals surface area contributed by atoms with E-state index in [9.17, 15) is 14.4 Å². The molecule has 0 aliphatic heterocycles. The topological polar surface area (TPSA) is 105 Å². The highest BCUT2D eigenvalue weighted by Crippen LogP contribution is 2.19. The Labute approximate surface area is 190 Å². The maximum Gasteiger partial charge on any atom is 0.306 e. The lowest BCUT2D eigenvalue weighted by molar-refractivity contribution is -0.150. The fourth-order valence-corrected chi connectivity index (χ4v) is 3.10. The van der Waals surface area contributed by atoms with Crippen LogP contribution in [0.15, 0.2) is 55.6 Å². The molecule has 0 fully saturated rings. The van der Waals surface area contributed by atoms with Crippen LogP contribution in [-0.4, -0.2) is 42.1 Å². The van der Waals surface area contributed by atoms with Crippen molar-refractivity contribution in [3.8, 4) is 0 Å². The van der Waals surface area contributed by atoms with Gasteiger partial charge in [-0.25, -0.2) is 0 Å². The van der Waals surface area contributed by atoms with E-state index in [-0.39, 0.29) is 43.4 Å². The molecule has 0 aliphatic rings. The Bertz CT molecular complexity index is 735. The second-order valence-electron chi connectivity index (χ2n) is 7.75.